The van der Waals surface area contributed by atoms with E-state index in [2.05, 4.69) is 32.2 Å². The number of anilines is 1. The lowest BCUT2D eigenvalue weighted by Gasteiger charge is -2.19. The molecule has 0 spiro atoms. The van der Waals surface area contributed by atoms with Gasteiger partial charge < -0.3 is 5.32 Å². The van der Waals surface area contributed by atoms with Crippen LogP contribution in [0.15, 0.2) is 36.4 Å². The Bertz CT molecular complexity index is 759. The van der Waals surface area contributed by atoms with E-state index in [9.17, 15) is 9.18 Å². The van der Waals surface area contributed by atoms with Gasteiger partial charge in [0.2, 0.25) is 0 Å². The van der Waals surface area contributed by atoms with Crippen LogP contribution in [0.3, 0.4) is 0 Å². The minimum absolute atomic E-state index is 0.101. The SMILES string of the molecule is Cc1cccc(F)c1C(=O)Nc1cccc2c1C(C)CC2(C)C. The summed E-state index contributed by atoms with van der Waals surface area (Å²) in [5, 5.41) is 2.93. The Morgan fingerprint density at radius 1 is 1.22 bits per heavy atom. The Labute approximate surface area is 136 Å². The number of benzene rings is 2. The Morgan fingerprint density at radius 2 is 1.91 bits per heavy atom. The van der Waals surface area contributed by atoms with Crippen molar-refractivity contribution in [1.82, 2.24) is 0 Å². The monoisotopic (exact) mass is 311 g/mol. The third-order valence-electron chi connectivity index (χ3n) is 4.84. The standard InChI is InChI=1S/C20H22FNO/c1-12-7-5-9-15(21)18(12)19(23)22-16-10-6-8-14-17(16)13(2)11-20(14,3)4/h5-10,13H,11H2,1-4H3,(H,22,23). The molecule has 2 nitrogen and oxygen atoms in total. The molecule has 1 unspecified atom stereocenters. The molecule has 0 aliphatic heterocycles. The zero-order valence-electron chi connectivity index (χ0n) is 14.0. The number of fused-ring (bicyclic) bond motifs is 1. The highest BCUT2D eigenvalue weighted by atomic mass is 19.1. The minimum Gasteiger partial charge on any atom is -0.322 e. The lowest BCUT2D eigenvalue weighted by molar-refractivity contribution is 0.102. The normalized spacial score (nSPS) is 18.6. The number of carbonyl (C=O) groups is 1. The molecule has 0 saturated heterocycles. The number of rotatable bonds is 2. The van der Waals surface area contributed by atoms with E-state index in [0.717, 1.165) is 12.1 Å². The molecule has 0 saturated carbocycles. The molecule has 0 bridgehead atoms. The van der Waals surface area contributed by atoms with Gasteiger partial charge >= 0.3 is 0 Å². The van der Waals surface area contributed by atoms with Crippen LogP contribution < -0.4 is 5.32 Å². The summed E-state index contributed by atoms with van der Waals surface area (Å²) < 4.78 is 14.0. The van der Waals surface area contributed by atoms with Crippen molar-refractivity contribution in [1.29, 1.82) is 0 Å². The maximum absolute atomic E-state index is 14.0. The van der Waals surface area contributed by atoms with Gasteiger partial charge in [-0.2, -0.15) is 0 Å². The van der Waals surface area contributed by atoms with E-state index < -0.39 is 5.82 Å². The molecular weight excluding hydrogens is 289 g/mol. The topological polar surface area (TPSA) is 29.1 Å². The summed E-state index contributed by atoms with van der Waals surface area (Å²) in [6, 6.07) is 10.7. The van der Waals surface area contributed by atoms with Crippen LogP contribution in [0, 0.1) is 12.7 Å². The van der Waals surface area contributed by atoms with Crippen molar-refractivity contribution in [2.24, 2.45) is 0 Å². The summed E-state index contributed by atoms with van der Waals surface area (Å²) in [4.78, 5) is 12.6. The largest absolute Gasteiger partial charge is 0.322 e. The molecule has 23 heavy (non-hydrogen) atoms. The predicted molar refractivity (Wildman–Crippen MR) is 91.6 cm³/mol. The van der Waals surface area contributed by atoms with Gasteiger partial charge in [0.05, 0.1) is 5.56 Å². The van der Waals surface area contributed by atoms with Crippen LogP contribution in [0.25, 0.3) is 0 Å². The van der Waals surface area contributed by atoms with E-state index in [0.29, 0.717) is 11.5 Å². The first-order valence-corrected chi connectivity index (χ1v) is 8.01. The van der Waals surface area contributed by atoms with E-state index in [4.69, 9.17) is 0 Å². The van der Waals surface area contributed by atoms with Crippen LogP contribution in [-0.2, 0) is 5.41 Å². The molecule has 1 aliphatic carbocycles. The molecule has 2 aromatic rings. The number of amides is 1. The van der Waals surface area contributed by atoms with Crippen molar-refractivity contribution < 1.29 is 9.18 Å². The van der Waals surface area contributed by atoms with Gasteiger partial charge in [0.25, 0.3) is 5.91 Å². The predicted octanol–water partition coefficient (Wildman–Crippen LogP) is 5.17. The summed E-state index contributed by atoms with van der Waals surface area (Å²) in [6.45, 7) is 8.38. The second-order valence-electron chi connectivity index (χ2n) is 7.14. The Balaban J connectivity index is 2.00. The summed E-state index contributed by atoms with van der Waals surface area (Å²) in [5.41, 5.74) is 4.11. The van der Waals surface area contributed by atoms with Gasteiger partial charge in [-0.15, -0.1) is 0 Å². The average Bonchev–Trinajstić information content (AvgIpc) is 2.69. The highest BCUT2D eigenvalue weighted by Gasteiger charge is 2.36. The summed E-state index contributed by atoms with van der Waals surface area (Å²) in [6.07, 6.45) is 1.05. The molecule has 1 N–H and O–H groups in total. The maximum Gasteiger partial charge on any atom is 0.258 e. The minimum atomic E-state index is -0.483. The van der Waals surface area contributed by atoms with Crippen molar-refractivity contribution >= 4 is 11.6 Å². The van der Waals surface area contributed by atoms with Crippen LogP contribution in [0.4, 0.5) is 10.1 Å². The first-order chi connectivity index (χ1) is 10.8. The zero-order valence-corrected chi connectivity index (χ0v) is 14.0. The smallest absolute Gasteiger partial charge is 0.258 e. The van der Waals surface area contributed by atoms with Gasteiger partial charge in [-0.1, -0.05) is 45.0 Å². The fourth-order valence-corrected chi connectivity index (χ4v) is 3.88. The summed E-state index contributed by atoms with van der Waals surface area (Å²) in [5.74, 6) is -0.493. The van der Waals surface area contributed by atoms with E-state index in [1.54, 1.807) is 19.1 Å². The van der Waals surface area contributed by atoms with Gasteiger partial charge in [-0.3, -0.25) is 4.79 Å². The molecule has 0 aromatic heterocycles. The second kappa shape index (κ2) is 5.48. The fourth-order valence-electron chi connectivity index (χ4n) is 3.88. The number of aryl methyl sites for hydroxylation is 1. The van der Waals surface area contributed by atoms with Gasteiger partial charge in [-0.05, 0) is 53.5 Å². The molecule has 1 atom stereocenters. The Hall–Kier alpha value is -2.16. The molecule has 1 aliphatic rings. The molecule has 0 fully saturated rings. The number of carbonyl (C=O) groups excluding carboxylic acids is 1. The number of hydrogen-bond donors (Lipinski definition) is 1. The first kappa shape index (κ1) is 15.7. The van der Waals surface area contributed by atoms with Crippen LogP contribution in [0.2, 0.25) is 0 Å². The van der Waals surface area contributed by atoms with Crippen molar-refractivity contribution in [3.05, 3.63) is 64.5 Å². The highest BCUT2D eigenvalue weighted by Crippen LogP contribution is 2.48. The number of halogens is 1. The molecule has 1 amide bonds. The molecule has 2 aromatic carbocycles. The zero-order chi connectivity index (χ0) is 16.8. The number of nitrogens with one attached hydrogen (secondary N) is 1. The highest BCUT2D eigenvalue weighted by molar-refractivity contribution is 6.06. The van der Waals surface area contributed by atoms with E-state index in [-0.39, 0.29) is 16.9 Å². The Kier molecular flexibility index (Phi) is 3.75. The van der Waals surface area contributed by atoms with Crippen molar-refractivity contribution in [3.8, 4) is 0 Å². The lowest BCUT2D eigenvalue weighted by Crippen LogP contribution is -2.17. The van der Waals surface area contributed by atoms with Crippen LogP contribution in [-0.4, -0.2) is 5.91 Å². The van der Waals surface area contributed by atoms with Crippen LogP contribution in [0.1, 0.15) is 60.2 Å². The quantitative estimate of drug-likeness (QED) is 0.814. The molecule has 0 radical (unpaired) electrons. The van der Waals surface area contributed by atoms with Gasteiger partial charge in [-0.25, -0.2) is 4.39 Å². The van der Waals surface area contributed by atoms with E-state index >= 15 is 0 Å². The van der Waals surface area contributed by atoms with Crippen molar-refractivity contribution in [3.63, 3.8) is 0 Å². The summed E-state index contributed by atoms with van der Waals surface area (Å²) >= 11 is 0. The van der Waals surface area contributed by atoms with Crippen molar-refractivity contribution in [2.75, 3.05) is 5.32 Å². The molecular formula is C20H22FNO. The van der Waals surface area contributed by atoms with Crippen molar-refractivity contribution in [2.45, 2.75) is 45.4 Å². The van der Waals surface area contributed by atoms with Crippen LogP contribution >= 0.6 is 0 Å². The Morgan fingerprint density at radius 3 is 2.61 bits per heavy atom. The first-order valence-electron chi connectivity index (χ1n) is 8.01. The third kappa shape index (κ3) is 2.65. The second-order valence-corrected chi connectivity index (χ2v) is 7.14. The molecule has 120 valence electrons. The van der Waals surface area contributed by atoms with Gasteiger partial charge in [0.1, 0.15) is 5.82 Å². The molecule has 0 heterocycles. The average molecular weight is 311 g/mol. The molecule has 3 rings (SSSR count). The van der Waals surface area contributed by atoms with E-state index in [1.807, 2.05) is 12.1 Å². The fraction of sp³-hybridized carbons (Fsp3) is 0.350. The summed E-state index contributed by atoms with van der Waals surface area (Å²) in [7, 11) is 0. The van der Waals surface area contributed by atoms with Gasteiger partial charge in [0, 0.05) is 5.69 Å². The third-order valence-corrected chi connectivity index (χ3v) is 4.84. The molecule has 3 heteroatoms. The van der Waals surface area contributed by atoms with Gasteiger partial charge in [0.15, 0.2) is 0 Å². The van der Waals surface area contributed by atoms with Crippen LogP contribution in [0.5, 0.6) is 0 Å². The maximum atomic E-state index is 14.0. The lowest BCUT2D eigenvalue weighted by atomic mass is 9.86. The van der Waals surface area contributed by atoms with E-state index in [1.165, 1.54) is 17.2 Å². The number of hydrogen-bond acceptors (Lipinski definition) is 1.